The van der Waals surface area contributed by atoms with Gasteiger partial charge in [0.1, 0.15) is 6.10 Å². The smallest absolute Gasteiger partial charge is 0.103 e. The van der Waals surface area contributed by atoms with Crippen LogP contribution in [0.25, 0.3) is 0 Å². The van der Waals surface area contributed by atoms with E-state index in [4.69, 9.17) is 9.47 Å². The minimum absolute atomic E-state index is 0.166. The Hall–Kier alpha value is -0.800. The summed E-state index contributed by atoms with van der Waals surface area (Å²) in [6, 6.07) is 0.270. The maximum Gasteiger partial charge on any atom is 0.103 e. The third-order valence-corrected chi connectivity index (χ3v) is 1.87. The van der Waals surface area contributed by atoms with Gasteiger partial charge in [-0.2, -0.15) is 0 Å². The SMILES string of the molecule is C=C/C=C\N[C@@H]1COC[C@H]1OC. The molecule has 12 heavy (non-hydrogen) atoms. The second-order valence-electron chi connectivity index (χ2n) is 2.68. The van der Waals surface area contributed by atoms with Gasteiger partial charge in [0.05, 0.1) is 19.3 Å². The van der Waals surface area contributed by atoms with Gasteiger partial charge in [-0.25, -0.2) is 0 Å². The van der Waals surface area contributed by atoms with Crippen LogP contribution >= 0.6 is 0 Å². The van der Waals surface area contributed by atoms with E-state index in [2.05, 4.69) is 11.9 Å². The molecule has 1 aliphatic rings. The summed E-state index contributed by atoms with van der Waals surface area (Å²) in [5, 5.41) is 3.18. The van der Waals surface area contributed by atoms with E-state index in [1.165, 1.54) is 0 Å². The summed E-state index contributed by atoms with van der Waals surface area (Å²) in [6.45, 7) is 4.96. The van der Waals surface area contributed by atoms with Crippen molar-refractivity contribution in [3.05, 3.63) is 24.9 Å². The van der Waals surface area contributed by atoms with Crippen LogP contribution in [0.3, 0.4) is 0 Å². The molecule has 3 heteroatoms. The number of methoxy groups -OCH3 is 1. The van der Waals surface area contributed by atoms with E-state index in [1.807, 2.05) is 12.3 Å². The first-order valence-corrected chi connectivity index (χ1v) is 4.02. The largest absolute Gasteiger partial charge is 0.383 e. The molecule has 0 aromatic heterocycles. The molecule has 0 aromatic carbocycles. The topological polar surface area (TPSA) is 30.5 Å². The van der Waals surface area contributed by atoms with Crippen molar-refractivity contribution < 1.29 is 9.47 Å². The Labute approximate surface area is 73.1 Å². The molecule has 68 valence electrons. The third kappa shape index (κ3) is 2.36. The Balaban J connectivity index is 2.30. The van der Waals surface area contributed by atoms with Gasteiger partial charge in [-0.3, -0.25) is 0 Å². The third-order valence-electron chi connectivity index (χ3n) is 1.87. The van der Waals surface area contributed by atoms with Gasteiger partial charge in [0.15, 0.2) is 0 Å². The molecule has 1 fully saturated rings. The second-order valence-corrected chi connectivity index (χ2v) is 2.68. The van der Waals surface area contributed by atoms with Gasteiger partial charge in [0.25, 0.3) is 0 Å². The van der Waals surface area contributed by atoms with E-state index in [0.717, 1.165) is 0 Å². The molecule has 0 unspecified atom stereocenters. The van der Waals surface area contributed by atoms with Crippen molar-refractivity contribution in [3.8, 4) is 0 Å². The molecule has 3 nitrogen and oxygen atoms in total. The number of allylic oxidation sites excluding steroid dienone is 2. The first-order valence-electron chi connectivity index (χ1n) is 4.02. The van der Waals surface area contributed by atoms with Crippen LogP contribution in [0.4, 0.5) is 0 Å². The molecule has 0 amide bonds. The fourth-order valence-corrected chi connectivity index (χ4v) is 1.17. The molecular weight excluding hydrogens is 154 g/mol. The molecule has 0 aliphatic carbocycles. The first-order chi connectivity index (χ1) is 5.88. The lowest BCUT2D eigenvalue weighted by Crippen LogP contribution is -2.36. The van der Waals surface area contributed by atoms with Crippen molar-refractivity contribution in [2.24, 2.45) is 0 Å². The molecule has 0 saturated carbocycles. The lowest BCUT2D eigenvalue weighted by atomic mass is 10.2. The van der Waals surface area contributed by atoms with Crippen LogP contribution in [-0.2, 0) is 9.47 Å². The van der Waals surface area contributed by atoms with Gasteiger partial charge in [-0.1, -0.05) is 12.7 Å². The van der Waals surface area contributed by atoms with Crippen LogP contribution in [0.1, 0.15) is 0 Å². The Morgan fingerprint density at radius 1 is 1.58 bits per heavy atom. The predicted molar refractivity (Wildman–Crippen MR) is 47.9 cm³/mol. The molecule has 0 spiro atoms. The molecule has 2 atom stereocenters. The fourth-order valence-electron chi connectivity index (χ4n) is 1.17. The molecule has 0 aromatic rings. The number of nitrogens with one attached hydrogen (secondary N) is 1. The summed E-state index contributed by atoms with van der Waals surface area (Å²) < 4.78 is 10.5. The van der Waals surface area contributed by atoms with E-state index < -0.39 is 0 Å². The average Bonchev–Trinajstić information content (AvgIpc) is 2.52. The lowest BCUT2D eigenvalue weighted by Gasteiger charge is -2.15. The molecule has 1 saturated heterocycles. The zero-order valence-corrected chi connectivity index (χ0v) is 7.32. The maximum absolute atomic E-state index is 5.24. The minimum atomic E-state index is 0.166. The van der Waals surface area contributed by atoms with Crippen LogP contribution in [0.2, 0.25) is 0 Å². The van der Waals surface area contributed by atoms with E-state index in [0.29, 0.717) is 13.2 Å². The Morgan fingerprint density at radius 2 is 2.42 bits per heavy atom. The monoisotopic (exact) mass is 169 g/mol. The lowest BCUT2D eigenvalue weighted by molar-refractivity contribution is 0.0751. The quantitative estimate of drug-likeness (QED) is 0.628. The van der Waals surface area contributed by atoms with Crippen LogP contribution in [0.15, 0.2) is 24.9 Å². The van der Waals surface area contributed by atoms with E-state index >= 15 is 0 Å². The number of hydrogen-bond donors (Lipinski definition) is 1. The Kier molecular flexibility index (Phi) is 3.84. The minimum Gasteiger partial charge on any atom is -0.383 e. The summed E-state index contributed by atoms with van der Waals surface area (Å²) in [5.41, 5.74) is 0. The van der Waals surface area contributed by atoms with Crippen molar-refractivity contribution in [2.45, 2.75) is 12.1 Å². The first kappa shape index (κ1) is 9.29. The summed E-state index contributed by atoms with van der Waals surface area (Å²) in [5.74, 6) is 0. The molecular formula is C9H15NO2. The highest BCUT2D eigenvalue weighted by atomic mass is 16.5. The second kappa shape index (κ2) is 4.95. The maximum atomic E-state index is 5.24. The highest BCUT2D eigenvalue weighted by Crippen LogP contribution is 2.08. The standard InChI is InChI=1S/C9H15NO2/c1-3-4-5-10-8-6-12-7-9(8)11-2/h3-5,8-10H,1,6-7H2,2H3/b5-4-/t8-,9-/m1/s1. The Bertz CT molecular complexity index is 168. The zero-order valence-electron chi connectivity index (χ0n) is 7.32. The van der Waals surface area contributed by atoms with E-state index in [9.17, 15) is 0 Å². The van der Waals surface area contributed by atoms with Gasteiger partial charge in [-0.15, -0.1) is 0 Å². The summed E-state index contributed by atoms with van der Waals surface area (Å²) in [4.78, 5) is 0. The highest BCUT2D eigenvalue weighted by molar-refractivity contribution is 4.98. The van der Waals surface area contributed by atoms with Gasteiger partial charge >= 0.3 is 0 Å². The molecule has 0 bridgehead atoms. The normalized spacial score (nSPS) is 29.4. The van der Waals surface area contributed by atoms with Crippen LogP contribution in [-0.4, -0.2) is 32.5 Å². The summed E-state index contributed by atoms with van der Waals surface area (Å²) in [7, 11) is 1.70. The van der Waals surface area contributed by atoms with Gasteiger partial charge in [0.2, 0.25) is 0 Å². The molecule has 1 aliphatic heterocycles. The average molecular weight is 169 g/mol. The summed E-state index contributed by atoms with van der Waals surface area (Å²) >= 11 is 0. The number of ether oxygens (including phenoxy) is 2. The Morgan fingerprint density at radius 3 is 3.08 bits per heavy atom. The van der Waals surface area contributed by atoms with Crippen LogP contribution in [0, 0.1) is 0 Å². The van der Waals surface area contributed by atoms with Crippen molar-refractivity contribution in [1.82, 2.24) is 5.32 Å². The van der Waals surface area contributed by atoms with Crippen molar-refractivity contribution >= 4 is 0 Å². The van der Waals surface area contributed by atoms with Crippen molar-refractivity contribution in [2.75, 3.05) is 20.3 Å². The van der Waals surface area contributed by atoms with Gasteiger partial charge in [0, 0.05) is 7.11 Å². The number of rotatable bonds is 4. The number of hydrogen-bond acceptors (Lipinski definition) is 3. The van der Waals surface area contributed by atoms with Gasteiger partial charge in [-0.05, 0) is 12.3 Å². The fraction of sp³-hybridized carbons (Fsp3) is 0.556. The van der Waals surface area contributed by atoms with Crippen LogP contribution in [0.5, 0.6) is 0 Å². The van der Waals surface area contributed by atoms with E-state index in [-0.39, 0.29) is 12.1 Å². The highest BCUT2D eigenvalue weighted by Gasteiger charge is 2.26. The van der Waals surface area contributed by atoms with Crippen molar-refractivity contribution in [3.63, 3.8) is 0 Å². The van der Waals surface area contributed by atoms with E-state index in [1.54, 1.807) is 13.2 Å². The summed E-state index contributed by atoms with van der Waals surface area (Å²) in [6.07, 6.45) is 5.60. The molecule has 1 rings (SSSR count). The van der Waals surface area contributed by atoms with Gasteiger partial charge < -0.3 is 14.8 Å². The van der Waals surface area contributed by atoms with Crippen LogP contribution < -0.4 is 5.32 Å². The molecule has 1 N–H and O–H groups in total. The predicted octanol–water partition coefficient (Wildman–Crippen LogP) is 0.689. The van der Waals surface area contributed by atoms with Crippen molar-refractivity contribution in [1.29, 1.82) is 0 Å². The molecule has 1 heterocycles. The zero-order chi connectivity index (χ0) is 8.81. The molecule has 0 radical (unpaired) electrons.